The third-order valence-electron chi connectivity index (χ3n) is 3.19. The highest BCUT2D eigenvalue weighted by atomic mass is 79.9. The van der Waals surface area contributed by atoms with Crippen LogP contribution in [0.25, 0.3) is 11.6 Å². The van der Waals surface area contributed by atoms with Crippen molar-refractivity contribution in [1.29, 1.82) is 0 Å². The summed E-state index contributed by atoms with van der Waals surface area (Å²) in [5.74, 6) is -0.272. The summed E-state index contributed by atoms with van der Waals surface area (Å²) >= 11 is 6.78. The summed E-state index contributed by atoms with van der Waals surface area (Å²) in [5, 5.41) is 13.6. The van der Waals surface area contributed by atoms with E-state index < -0.39 is 4.92 Å². The Morgan fingerprint density at radius 2 is 1.77 bits per heavy atom. The van der Waals surface area contributed by atoms with Gasteiger partial charge in [-0.25, -0.2) is 0 Å². The Morgan fingerprint density at radius 1 is 1.09 bits per heavy atom. The van der Waals surface area contributed by atoms with E-state index in [-0.39, 0.29) is 11.6 Å². The summed E-state index contributed by atoms with van der Waals surface area (Å²) in [6.45, 7) is 0. The molecule has 2 aromatic rings. The molecule has 0 bridgehead atoms. The van der Waals surface area contributed by atoms with Crippen molar-refractivity contribution in [2.75, 3.05) is 5.32 Å². The highest BCUT2D eigenvalue weighted by molar-refractivity contribution is 9.11. The monoisotopic (exact) mass is 422 g/mol. The summed E-state index contributed by atoms with van der Waals surface area (Å²) in [6.07, 6.45) is 1.71. The number of benzene rings is 2. The first kappa shape index (κ1) is 14.9. The predicted molar refractivity (Wildman–Crippen MR) is 91.4 cm³/mol. The van der Waals surface area contributed by atoms with Crippen molar-refractivity contribution in [3.8, 4) is 0 Å². The Morgan fingerprint density at radius 3 is 2.41 bits per heavy atom. The molecule has 0 spiro atoms. The fraction of sp³-hybridized carbons (Fsp3) is 0. The summed E-state index contributed by atoms with van der Waals surface area (Å²) in [5.41, 5.74) is 2.29. The molecule has 0 radical (unpaired) electrons. The van der Waals surface area contributed by atoms with Gasteiger partial charge in [0.25, 0.3) is 11.6 Å². The van der Waals surface area contributed by atoms with Crippen LogP contribution in [-0.4, -0.2) is 10.8 Å². The molecule has 0 aromatic heterocycles. The van der Waals surface area contributed by atoms with Crippen molar-refractivity contribution in [1.82, 2.24) is 0 Å². The van der Waals surface area contributed by atoms with Gasteiger partial charge >= 0.3 is 0 Å². The summed E-state index contributed by atoms with van der Waals surface area (Å²) in [4.78, 5) is 22.5. The molecular formula is C15H8Br2N2O3. The van der Waals surface area contributed by atoms with Crippen LogP contribution >= 0.6 is 31.9 Å². The Bertz CT molecular complexity index is 826. The van der Waals surface area contributed by atoms with Gasteiger partial charge in [-0.1, -0.05) is 31.9 Å². The Labute approximate surface area is 142 Å². The zero-order valence-electron chi connectivity index (χ0n) is 11.0. The molecule has 1 amide bonds. The zero-order chi connectivity index (χ0) is 15.9. The second-order valence-corrected chi connectivity index (χ2v) is 6.53. The molecule has 2 aromatic carbocycles. The number of fused-ring (bicyclic) bond motifs is 1. The molecule has 5 nitrogen and oxygen atoms in total. The first-order valence-corrected chi connectivity index (χ1v) is 7.80. The molecule has 0 aliphatic carbocycles. The number of halogens is 2. The molecule has 22 heavy (non-hydrogen) atoms. The van der Waals surface area contributed by atoms with Crippen LogP contribution in [0.5, 0.6) is 0 Å². The van der Waals surface area contributed by atoms with Crippen LogP contribution in [0.1, 0.15) is 11.1 Å². The van der Waals surface area contributed by atoms with Gasteiger partial charge in [0.2, 0.25) is 0 Å². The van der Waals surface area contributed by atoms with Crippen molar-refractivity contribution in [2.24, 2.45) is 0 Å². The highest BCUT2D eigenvalue weighted by Crippen LogP contribution is 2.36. The standard InChI is InChI=1S/C15H8Br2N2O3/c16-9-3-8(4-10(17)6-9)5-13-12-7-11(19(21)22)1-2-14(12)18-15(13)20/h1-7H,(H,18,20). The van der Waals surface area contributed by atoms with Crippen LogP contribution in [0, 0.1) is 10.1 Å². The van der Waals surface area contributed by atoms with E-state index in [0.29, 0.717) is 16.8 Å². The van der Waals surface area contributed by atoms with Gasteiger partial charge in [0.1, 0.15) is 0 Å². The minimum atomic E-state index is -0.476. The molecule has 1 aliphatic rings. The SMILES string of the molecule is O=C1Nc2ccc([N+](=O)[O-])cc2C1=Cc1cc(Br)cc(Br)c1. The fourth-order valence-electron chi connectivity index (χ4n) is 2.26. The van der Waals surface area contributed by atoms with E-state index in [9.17, 15) is 14.9 Å². The van der Waals surface area contributed by atoms with E-state index in [4.69, 9.17) is 0 Å². The third kappa shape index (κ3) is 2.82. The van der Waals surface area contributed by atoms with Gasteiger partial charge in [0.15, 0.2) is 0 Å². The van der Waals surface area contributed by atoms with Crippen LogP contribution in [0.4, 0.5) is 11.4 Å². The maximum absolute atomic E-state index is 12.1. The Balaban J connectivity index is 2.12. The van der Waals surface area contributed by atoms with Crippen molar-refractivity contribution in [3.63, 3.8) is 0 Å². The largest absolute Gasteiger partial charge is 0.321 e. The number of hydrogen-bond donors (Lipinski definition) is 1. The van der Waals surface area contributed by atoms with E-state index in [1.165, 1.54) is 12.1 Å². The lowest BCUT2D eigenvalue weighted by molar-refractivity contribution is -0.384. The molecule has 0 fully saturated rings. The molecule has 0 unspecified atom stereocenters. The van der Waals surface area contributed by atoms with Crippen molar-refractivity contribution in [3.05, 3.63) is 66.6 Å². The van der Waals surface area contributed by atoms with Crippen LogP contribution in [0.3, 0.4) is 0 Å². The van der Waals surface area contributed by atoms with Gasteiger partial charge in [0, 0.05) is 37.9 Å². The van der Waals surface area contributed by atoms with E-state index in [0.717, 1.165) is 14.5 Å². The normalized spacial score (nSPS) is 14.8. The van der Waals surface area contributed by atoms with Gasteiger partial charge < -0.3 is 5.32 Å². The number of nitro benzene ring substituents is 1. The average molecular weight is 424 g/mol. The Hall–Kier alpha value is -1.99. The molecule has 1 aliphatic heterocycles. The summed E-state index contributed by atoms with van der Waals surface area (Å²) in [7, 11) is 0. The molecule has 0 atom stereocenters. The van der Waals surface area contributed by atoms with Crippen molar-refractivity contribution < 1.29 is 9.72 Å². The maximum Gasteiger partial charge on any atom is 0.270 e. The highest BCUT2D eigenvalue weighted by Gasteiger charge is 2.26. The molecule has 0 saturated carbocycles. The van der Waals surface area contributed by atoms with Gasteiger partial charge in [-0.2, -0.15) is 0 Å². The number of carbonyl (C=O) groups excluding carboxylic acids is 1. The first-order valence-electron chi connectivity index (χ1n) is 6.22. The predicted octanol–water partition coefficient (Wildman–Crippen LogP) is 4.61. The van der Waals surface area contributed by atoms with E-state index in [2.05, 4.69) is 37.2 Å². The molecule has 0 saturated heterocycles. The second-order valence-electron chi connectivity index (χ2n) is 4.70. The molecule has 1 heterocycles. The van der Waals surface area contributed by atoms with E-state index >= 15 is 0 Å². The molecular weight excluding hydrogens is 416 g/mol. The lowest BCUT2D eigenvalue weighted by Gasteiger charge is -2.01. The fourth-order valence-corrected chi connectivity index (χ4v) is 3.59. The number of rotatable bonds is 2. The minimum Gasteiger partial charge on any atom is -0.321 e. The maximum atomic E-state index is 12.1. The van der Waals surface area contributed by atoms with Crippen molar-refractivity contribution in [2.45, 2.75) is 0 Å². The zero-order valence-corrected chi connectivity index (χ0v) is 14.1. The van der Waals surface area contributed by atoms with Crippen LogP contribution < -0.4 is 5.32 Å². The lowest BCUT2D eigenvalue weighted by atomic mass is 10.0. The molecule has 7 heteroatoms. The number of nitrogens with one attached hydrogen (secondary N) is 1. The number of nitrogens with zero attached hydrogens (tertiary/aromatic N) is 1. The second kappa shape index (κ2) is 5.66. The van der Waals surface area contributed by atoms with E-state index in [1.54, 1.807) is 12.1 Å². The molecule has 3 rings (SSSR count). The third-order valence-corrected chi connectivity index (χ3v) is 4.11. The summed E-state index contributed by atoms with van der Waals surface area (Å²) < 4.78 is 1.73. The quantitative estimate of drug-likeness (QED) is 0.435. The number of hydrogen-bond acceptors (Lipinski definition) is 3. The minimum absolute atomic E-state index is 0.0448. The number of carbonyl (C=O) groups is 1. The van der Waals surface area contributed by atoms with Gasteiger partial charge in [-0.15, -0.1) is 0 Å². The lowest BCUT2D eigenvalue weighted by Crippen LogP contribution is -2.03. The first-order chi connectivity index (χ1) is 10.4. The van der Waals surface area contributed by atoms with Gasteiger partial charge in [-0.05, 0) is 35.9 Å². The van der Waals surface area contributed by atoms with Crippen molar-refractivity contribution >= 4 is 60.8 Å². The smallest absolute Gasteiger partial charge is 0.270 e. The number of amides is 1. The van der Waals surface area contributed by atoms with Gasteiger partial charge in [-0.3, -0.25) is 14.9 Å². The summed E-state index contributed by atoms with van der Waals surface area (Å²) in [6, 6.07) is 9.93. The van der Waals surface area contributed by atoms with Crippen LogP contribution in [0.2, 0.25) is 0 Å². The number of nitro groups is 1. The molecule has 110 valence electrons. The van der Waals surface area contributed by atoms with Crippen LogP contribution in [0.15, 0.2) is 45.3 Å². The number of non-ortho nitro benzene ring substituents is 1. The average Bonchev–Trinajstić information content (AvgIpc) is 2.73. The number of anilines is 1. The van der Waals surface area contributed by atoms with Gasteiger partial charge in [0.05, 0.1) is 4.92 Å². The van der Waals surface area contributed by atoms with Crippen LogP contribution in [-0.2, 0) is 4.79 Å². The van der Waals surface area contributed by atoms with E-state index in [1.807, 2.05) is 18.2 Å². The Kier molecular flexibility index (Phi) is 3.84. The topological polar surface area (TPSA) is 72.2 Å². The molecule has 1 N–H and O–H groups in total.